The van der Waals surface area contributed by atoms with E-state index in [1.165, 1.54) is 0 Å². The lowest BCUT2D eigenvalue weighted by atomic mass is 10.2. The molecule has 0 saturated carbocycles. The highest BCUT2D eigenvalue weighted by molar-refractivity contribution is 6.30. The highest BCUT2D eigenvalue weighted by Crippen LogP contribution is 2.27. The van der Waals surface area contributed by atoms with Crippen molar-refractivity contribution in [1.29, 1.82) is 0 Å². The fourth-order valence-corrected chi connectivity index (χ4v) is 1.87. The Morgan fingerprint density at radius 2 is 2.25 bits per heavy atom. The van der Waals surface area contributed by atoms with E-state index >= 15 is 0 Å². The number of nitrogens with one attached hydrogen (secondary N) is 1. The fraction of sp³-hybridized carbons (Fsp3) is 0.500. The van der Waals surface area contributed by atoms with E-state index in [0.29, 0.717) is 30.3 Å². The molecule has 1 amide bonds. The first-order valence-corrected chi connectivity index (χ1v) is 6.90. The number of likely N-dealkylation sites (N-methyl/N-ethyl adjacent to an activating group) is 1. The third kappa shape index (κ3) is 4.58. The Bertz CT molecular complexity index is 454. The van der Waals surface area contributed by atoms with Gasteiger partial charge < -0.3 is 20.7 Å². The predicted octanol–water partition coefficient (Wildman–Crippen LogP) is 1.96. The fourth-order valence-electron chi connectivity index (χ4n) is 1.70. The summed E-state index contributed by atoms with van der Waals surface area (Å²) >= 11 is 5.94. The molecule has 0 saturated heterocycles. The lowest BCUT2D eigenvalue weighted by Gasteiger charge is -2.23. The predicted molar refractivity (Wildman–Crippen MR) is 82.4 cm³/mol. The summed E-state index contributed by atoms with van der Waals surface area (Å²) in [6.07, 6.45) is 0.385. The van der Waals surface area contributed by atoms with Crippen molar-refractivity contribution in [2.24, 2.45) is 5.73 Å². The number of ether oxygens (including phenoxy) is 1. The van der Waals surface area contributed by atoms with Crippen LogP contribution >= 0.6 is 11.6 Å². The van der Waals surface area contributed by atoms with Gasteiger partial charge in [0.05, 0.1) is 12.8 Å². The molecule has 0 fully saturated rings. The van der Waals surface area contributed by atoms with Gasteiger partial charge in [-0.25, -0.2) is 0 Å². The number of nitrogens with zero attached hydrogens (tertiary/aromatic N) is 1. The summed E-state index contributed by atoms with van der Waals surface area (Å²) in [6.45, 7) is 2.89. The minimum atomic E-state index is 0.0446. The molecule has 0 bridgehead atoms. The van der Waals surface area contributed by atoms with Crippen molar-refractivity contribution in [3.63, 3.8) is 0 Å². The summed E-state index contributed by atoms with van der Waals surface area (Å²) in [7, 11) is 3.36. The van der Waals surface area contributed by atoms with Gasteiger partial charge in [0.25, 0.3) is 0 Å². The zero-order valence-corrected chi connectivity index (χ0v) is 12.9. The van der Waals surface area contributed by atoms with Crippen LogP contribution in [-0.4, -0.2) is 44.1 Å². The molecule has 1 unspecified atom stereocenters. The van der Waals surface area contributed by atoms with E-state index in [0.717, 1.165) is 5.69 Å². The zero-order valence-electron chi connectivity index (χ0n) is 12.1. The number of anilines is 1. The van der Waals surface area contributed by atoms with Crippen molar-refractivity contribution in [2.75, 3.05) is 32.6 Å². The smallest absolute Gasteiger partial charge is 0.224 e. The molecule has 5 nitrogen and oxygen atoms in total. The van der Waals surface area contributed by atoms with Gasteiger partial charge in [0.2, 0.25) is 5.91 Å². The maximum atomic E-state index is 11.9. The van der Waals surface area contributed by atoms with Gasteiger partial charge in [-0.05, 0) is 25.1 Å². The number of carbonyl (C=O) groups is 1. The second kappa shape index (κ2) is 7.97. The number of nitrogens with two attached hydrogens (primary N) is 1. The molecular formula is C14H22ClN3O2. The normalized spacial score (nSPS) is 11.8. The monoisotopic (exact) mass is 299 g/mol. The Kier molecular flexibility index (Phi) is 6.61. The Morgan fingerprint density at radius 1 is 1.55 bits per heavy atom. The summed E-state index contributed by atoms with van der Waals surface area (Å²) in [5, 5.41) is 3.78. The number of benzene rings is 1. The lowest BCUT2D eigenvalue weighted by Crippen LogP contribution is -2.40. The van der Waals surface area contributed by atoms with E-state index in [1.54, 1.807) is 37.3 Å². The van der Waals surface area contributed by atoms with E-state index in [2.05, 4.69) is 5.32 Å². The number of rotatable bonds is 7. The minimum Gasteiger partial charge on any atom is -0.495 e. The SMILES string of the molecule is COc1ccc(Cl)cc1NCCC(=O)N(C)C(C)CN. The Labute approximate surface area is 125 Å². The van der Waals surface area contributed by atoms with Gasteiger partial charge in [0.15, 0.2) is 0 Å². The molecule has 1 atom stereocenters. The summed E-state index contributed by atoms with van der Waals surface area (Å²) in [4.78, 5) is 13.6. The lowest BCUT2D eigenvalue weighted by molar-refractivity contribution is -0.131. The van der Waals surface area contributed by atoms with Crippen LogP contribution in [0, 0.1) is 0 Å². The summed E-state index contributed by atoms with van der Waals surface area (Å²) in [5.41, 5.74) is 6.32. The van der Waals surface area contributed by atoms with E-state index < -0.39 is 0 Å². The summed E-state index contributed by atoms with van der Waals surface area (Å²) in [6, 6.07) is 5.36. The number of halogens is 1. The molecule has 3 N–H and O–H groups in total. The van der Waals surface area contributed by atoms with Crippen LogP contribution in [0.5, 0.6) is 5.75 Å². The summed E-state index contributed by atoms with van der Waals surface area (Å²) < 4.78 is 5.23. The molecule has 0 spiro atoms. The quantitative estimate of drug-likeness (QED) is 0.807. The van der Waals surface area contributed by atoms with Crippen LogP contribution in [0.2, 0.25) is 5.02 Å². The number of hydrogen-bond donors (Lipinski definition) is 2. The van der Waals surface area contributed by atoms with Crippen LogP contribution in [0.3, 0.4) is 0 Å². The largest absolute Gasteiger partial charge is 0.495 e. The average molecular weight is 300 g/mol. The van der Waals surface area contributed by atoms with Crippen LogP contribution in [0.25, 0.3) is 0 Å². The molecule has 0 aliphatic rings. The van der Waals surface area contributed by atoms with Crippen molar-refractivity contribution < 1.29 is 9.53 Å². The van der Waals surface area contributed by atoms with Crippen LogP contribution in [0.4, 0.5) is 5.69 Å². The molecular weight excluding hydrogens is 278 g/mol. The standard InChI is InChI=1S/C14H22ClN3O2/c1-10(9-16)18(2)14(19)6-7-17-12-8-11(15)4-5-13(12)20-3/h4-5,8,10,17H,6-7,9,16H2,1-3H3. The molecule has 1 aromatic rings. The van der Waals surface area contributed by atoms with Gasteiger partial charge in [-0.1, -0.05) is 11.6 Å². The van der Waals surface area contributed by atoms with Gasteiger partial charge >= 0.3 is 0 Å². The van der Waals surface area contributed by atoms with E-state index in [9.17, 15) is 4.79 Å². The van der Waals surface area contributed by atoms with E-state index in [4.69, 9.17) is 22.1 Å². The van der Waals surface area contributed by atoms with Crippen molar-refractivity contribution in [3.8, 4) is 5.75 Å². The highest BCUT2D eigenvalue weighted by Gasteiger charge is 2.14. The van der Waals surface area contributed by atoms with Crippen molar-refractivity contribution in [3.05, 3.63) is 23.2 Å². The first kappa shape index (κ1) is 16.6. The minimum absolute atomic E-state index is 0.0446. The number of hydrogen-bond acceptors (Lipinski definition) is 4. The van der Waals surface area contributed by atoms with Crippen molar-refractivity contribution in [2.45, 2.75) is 19.4 Å². The van der Waals surface area contributed by atoms with Gasteiger partial charge in [0.1, 0.15) is 5.75 Å². The number of amides is 1. The van der Waals surface area contributed by atoms with Gasteiger partial charge in [0, 0.05) is 37.6 Å². The first-order valence-electron chi connectivity index (χ1n) is 6.52. The molecule has 0 radical (unpaired) electrons. The topological polar surface area (TPSA) is 67.6 Å². The third-order valence-corrected chi connectivity index (χ3v) is 3.45. The van der Waals surface area contributed by atoms with Crippen LogP contribution in [0.15, 0.2) is 18.2 Å². The zero-order chi connectivity index (χ0) is 15.1. The maximum absolute atomic E-state index is 11.9. The molecule has 112 valence electrons. The molecule has 0 heterocycles. The van der Waals surface area contributed by atoms with Crippen molar-refractivity contribution >= 4 is 23.2 Å². The highest BCUT2D eigenvalue weighted by atomic mass is 35.5. The molecule has 1 aromatic carbocycles. The first-order chi connectivity index (χ1) is 9.49. The second-order valence-corrected chi connectivity index (χ2v) is 5.05. The van der Waals surface area contributed by atoms with Gasteiger partial charge in [-0.15, -0.1) is 0 Å². The Hall–Kier alpha value is -1.46. The van der Waals surface area contributed by atoms with Gasteiger partial charge in [-0.3, -0.25) is 4.79 Å². The average Bonchev–Trinajstić information content (AvgIpc) is 2.45. The molecule has 1 rings (SSSR count). The van der Waals surface area contributed by atoms with E-state index in [1.807, 2.05) is 6.92 Å². The van der Waals surface area contributed by atoms with Crippen LogP contribution < -0.4 is 15.8 Å². The van der Waals surface area contributed by atoms with E-state index in [-0.39, 0.29) is 11.9 Å². The molecule has 0 aromatic heterocycles. The summed E-state index contributed by atoms with van der Waals surface area (Å²) in [5.74, 6) is 0.752. The van der Waals surface area contributed by atoms with Gasteiger partial charge in [-0.2, -0.15) is 0 Å². The van der Waals surface area contributed by atoms with Crippen LogP contribution in [-0.2, 0) is 4.79 Å². The molecule has 20 heavy (non-hydrogen) atoms. The Morgan fingerprint density at radius 3 is 2.85 bits per heavy atom. The van der Waals surface area contributed by atoms with Crippen LogP contribution in [0.1, 0.15) is 13.3 Å². The van der Waals surface area contributed by atoms with Crippen molar-refractivity contribution in [1.82, 2.24) is 4.90 Å². The number of carbonyl (C=O) groups excluding carboxylic acids is 1. The Balaban J connectivity index is 2.52. The molecule has 0 aliphatic carbocycles. The molecule has 0 aliphatic heterocycles. The second-order valence-electron chi connectivity index (χ2n) is 4.61. The molecule has 6 heteroatoms. The third-order valence-electron chi connectivity index (χ3n) is 3.21. The number of methoxy groups -OCH3 is 1. The maximum Gasteiger partial charge on any atom is 0.224 e.